The van der Waals surface area contributed by atoms with E-state index >= 15 is 0 Å². The van der Waals surface area contributed by atoms with Crippen molar-refractivity contribution in [3.8, 4) is 0 Å². The van der Waals surface area contributed by atoms with Crippen molar-refractivity contribution >= 4 is 11.6 Å². The summed E-state index contributed by atoms with van der Waals surface area (Å²) < 4.78 is 0. The van der Waals surface area contributed by atoms with Crippen LogP contribution < -0.4 is 0 Å². The van der Waals surface area contributed by atoms with Crippen LogP contribution in [0.2, 0.25) is 0 Å². The van der Waals surface area contributed by atoms with E-state index in [0.717, 1.165) is 6.42 Å². The van der Waals surface area contributed by atoms with Crippen LogP contribution in [-0.4, -0.2) is 5.88 Å². The fourth-order valence-electron chi connectivity index (χ4n) is 0.255. The first-order valence-electron chi connectivity index (χ1n) is 2.25. The molecule has 7 heavy (non-hydrogen) atoms. The predicted molar refractivity (Wildman–Crippen MR) is 34.7 cm³/mol. The Morgan fingerprint density at radius 1 is 1.57 bits per heavy atom. The fourth-order valence-corrected chi connectivity index (χ4v) is 0.381. The van der Waals surface area contributed by atoms with Crippen LogP contribution in [-0.2, 0) is 0 Å². The molecule has 0 heterocycles. The van der Waals surface area contributed by atoms with Gasteiger partial charge >= 0.3 is 0 Å². The highest BCUT2D eigenvalue weighted by Crippen LogP contribution is 1.85. The average Bonchev–Trinajstić information content (AvgIpc) is 1.69. The van der Waals surface area contributed by atoms with Crippen LogP contribution in [0.4, 0.5) is 0 Å². The largest absolute Gasteiger partial charge is 0.126 e. The fraction of sp³-hybridized carbons (Fsp3) is 0.333. The van der Waals surface area contributed by atoms with Crippen LogP contribution in [0, 0.1) is 0 Å². The molecule has 0 radical (unpaired) electrons. The molecule has 0 aliphatic heterocycles. The molecule has 0 saturated heterocycles. The molecule has 0 atom stereocenters. The van der Waals surface area contributed by atoms with E-state index in [2.05, 4.69) is 6.58 Å². The molecule has 0 aliphatic rings. The third-order valence-corrected chi connectivity index (χ3v) is 0.766. The molecule has 0 fully saturated rings. The summed E-state index contributed by atoms with van der Waals surface area (Å²) in [4.78, 5) is 0. The van der Waals surface area contributed by atoms with Crippen LogP contribution in [0.5, 0.6) is 0 Å². The summed E-state index contributed by atoms with van der Waals surface area (Å²) in [7, 11) is 0. The third kappa shape index (κ3) is 5.77. The molecule has 0 spiro atoms. The van der Waals surface area contributed by atoms with Gasteiger partial charge in [-0.05, 0) is 6.42 Å². The highest BCUT2D eigenvalue weighted by molar-refractivity contribution is 6.17. The van der Waals surface area contributed by atoms with Crippen molar-refractivity contribution in [1.29, 1.82) is 0 Å². The molecule has 0 aliphatic carbocycles. The van der Waals surface area contributed by atoms with E-state index in [1.54, 1.807) is 6.08 Å². The van der Waals surface area contributed by atoms with Crippen molar-refractivity contribution in [2.45, 2.75) is 6.42 Å². The van der Waals surface area contributed by atoms with Crippen LogP contribution in [0.3, 0.4) is 0 Å². The van der Waals surface area contributed by atoms with Gasteiger partial charge in [-0.25, -0.2) is 0 Å². The minimum Gasteiger partial charge on any atom is -0.126 e. The minimum atomic E-state index is 0.699. The zero-order chi connectivity index (χ0) is 5.54. The molecular weight excluding hydrogens is 108 g/mol. The van der Waals surface area contributed by atoms with Gasteiger partial charge in [0.25, 0.3) is 0 Å². The molecule has 40 valence electrons. The molecule has 1 heteroatoms. The van der Waals surface area contributed by atoms with Crippen LogP contribution in [0.1, 0.15) is 6.42 Å². The van der Waals surface area contributed by atoms with Gasteiger partial charge < -0.3 is 0 Å². The molecule has 0 aromatic rings. The lowest BCUT2D eigenvalue weighted by Crippen LogP contribution is -1.62. The smallest absolute Gasteiger partial charge is 0.0258 e. The van der Waals surface area contributed by atoms with E-state index in [9.17, 15) is 0 Å². The lowest BCUT2D eigenvalue weighted by molar-refractivity contribution is 1.24. The number of rotatable bonds is 3. The van der Waals surface area contributed by atoms with Gasteiger partial charge in [-0.2, -0.15) is 0 Å². The molecule has 0 aromatic carbocycles. The van der Waals surface area contributed by atoms with E-state index in [1.165, 1.54) is 0 Å². The molecule has 0 aromatic heterocycles. The van der Waals surface area contributed by atoms with E-state index in [-0.39, 0.29) is 0 Å². The second kappa shape index (κ2) is 5.77. The number of hydrogen-bond acceptors (Lipinski definition) is 0. The van der Waals surface area contributed by atoms with Crippen molar-refractivity contribution in [3.63, 3.8) is 0 Å². The third-order valence-electron chi connectivity index (χ3n) is 0.548. The maximum Gasteiger partial charge on any atom is 0.0258 e. The molecule has 0 bridgehead atoms. The Bertz CT molecular complexity index is 64.6. The van der Waals surface area contributed by atoms with Crippen molar-refractivity contribution in [1.82, 2.24) is 0 Å². The van der Waals surface area contributed by atoms with E-state index in [0.29, 0.717) is 5.88 Å². The Balaban J connectivity index is 2.92. The maximum atomic E-state index is 5.35. The van der Waals surface area contributed by atoms with Gasteiger partial charge in [0.1, 0.15) is 0 Å². The van der Waals surface area contributed by atoms with E-state index in [1.807, 2.05) is 12.2 Å². The van der Waals surface area contributed by atoms with E-state index in [4.69, 9.17) is 11.6 Å². The topological polar surface area (TPSA) is 0 Å². The molecule has 0 rings (SSSR count). The molecular formula is C6H9Cl. The Morgan fingerprint density at radius 3 is 2.71 bits per heavy atom. The number of halogens is 1. The van der Waals surface area contributed by atoms with Crippen molar-refractivity contribution in [3.05, 3.63) is 24.8 Å². The zero-order valence-corrected chi connectivity index (χ0v) is 4.99. The standard InChI is InChI=1S/C6H9Cl/c1-2-3-4-5-6-7/h2-4H,1,5-6H2. The monoisotopic (exact) mass is 116 g/mol. The van der Waals surface area contributed by atoms with E-state index < -0.39 is 0 Å². The summed E-state index contributed by atoms with van der Waals surface area (Å²) in [5.41, 5.74) is 0. The summed E-state index contributed by atoms with van der Waals surface area (Å²) in [5, 5.41) is 0. The first kappa shape index (κ1) is 6.77. The second-order valence-corrected chi connectivity index (χ2v) is 1.52. The highest BCUT2D eigenvalue weighted by atomic mass is 35.5. The molecule has 0 N–H and O–H groups in total. The van der Waals surface area contributed by atoms with Gasteiger partial charge in [-0.1, -0.05) is 24.8 Å². The molecule has 0 saturated carbocycles. The van der Waals surface area contributed by atoms with Gasteiger partial charge in [0.05, 0.1) is 0 Å². The van der Waals surface area contributed by atoms with Crippen molar-refractivity contribution < 1.29 is 0 Å². The molecule has 0 amide bonds. The van der Waals surface area contributed by atoms with Gasteiger partial charge in [0.2, 0.25) is 0 Å². The Hall–Kier alpha value is -0.230. The zero-order valence-electron chi connectivity index (χ0n) is 4.23. The lowest BCUT2D eigenvalue weighted by Gasteiger charge is -1.75. The first-order valence-corrected chi connectivity index (χ1v) is 2.78. The number of hydrogen-bond donors (Lipinski definition) is 0. The van der Waals surface area contributed by atoms with Crippen molar-refractivity contribution in [2.75, 3.05) is 5.88 Å². The minimum absolute atomic E-state index is 0.699. The highest BCUT2D eigenvalue weighted by Gasteiger charge is 1.68. The first-order chi connectivity index (χ1) is 3.41. The van der Waals surface area contributed by atoms with Gasteiger partial charge in [0.15, 0.2) is 0 Å². The van der Waals surface area contributed by atoms with Gasteiger partial charge in [0, 0.05) is 5.88 Å². The van der Waals surface area contributed by atoms with Crippen molar-refractivity contribution in [2.24, 2.45) is 0 Å². The number of allylic oxidation sites excluding steroid dienone is 3. The second-order valence-electron chi connectivity index (χ2n) is 1.14. The summed E-state index contributed by atoms with van der Waals surface area (Å²) >= 11 is 5.35. The average molecular weight is 117 g/mol. The lowest BCUT2D eigenvalue weighted by atomic mass is 10.4. The Labute approximate surface area is 49.5 Å². The van der Waals surface area contributed by atoms with Crippen LogP contribution in [0.25, 0.3) is 0 Å². The summed E-state index contributed by atoms with van der Waals surface area (Å²) in [6, 6.07) is 0. The van der Waals surface area contributed by atoms with Crippen LogP contribution >= 0.6 is 11.6 Å². The normalized spacial score (nSPS) is 9.86. The Morgan fingerprint density at radius 2 is 2.29 bits per heavy atom. The summed E-state index contributed by atoms with van der Waals surface area (Å²) in [5.74, 6) is 0.699. The Kier molecular flexibility index (Phi) is 5.58. The quantitative estimate of drug-likeness (QED) is 0.392. The van der Waals surface area contributed by atoms with Gasteiger partial charge in [-0.3, -0.25) is 0 Å². The molecule has 0 unspecified atom stereocenters. The molecule has 0 nitrogen and oxygen atoms in total. The summed E-state index contributed by atoms with van der Waals surface area (Å²) in [6.45, 7) is 3.50. The summed E-state index contributed by atoms with van der Waals surface area (Å²) in [6.07, 6.45) is 6.56. The van der Waals surface area contributed by atoms with Gasteiger partial charge in [-0.15, -0.1) is 11.6 Å². The van der Waals surface area contributed by atoms with Crippen LogP contribution in [0.15, 0.2) is 24.8 Å². The maximum absolute atomic E-state index is 5.35. The SMILES string of the molecule is C=CC=CCCCl. The number of alkyl halides is 1. The predicted octanol–water partition coefficient (Wildman–Crippen LogP) is 2.36.